The molecule has 52 valence electrons. The molecule has 0 saturated carbocycles. The minimum Gasteiger partial charge on any atom is -0.268 e. The zero-order valence-electron chi connectivity index (χ0n) is 5.07. The lowest BCUT2D eigenvalue weighted by molar-refractivity contribution is -0.123. The fourth-order valence-electron chi connectivity index (χ4n) is 0.802. The topological polar surface area (TPSA) is 44.7 Å². The van der Waals surface area contributed by atoms with Crippen molar-refractivity contribution in [3.8, 4) is 0 Å². The molecular formula is C5H5N3OS. The maximum absolute atomic E-state index is 11.0. The van der Waals surface area contributed by atoms with E-state index in [2.05, 4.69) is 10.4 Å². The van der Waals surface area contributed by atoms with Gasteiger partial charge >= 0.3 is 0 Å². The Morgan fingerprint density at radius 1 is 1.80 bits per heavy atom. The number of hydrogen-bond donors (Lipinski definition) is 1. The van der Waals surface area contributed by atoms with Crippen LogP contribution in [0.2, 0.25) is 0 Å². The summed E-state index contributed by atoms with van der Waals surface area (Å²) < 4.78 is 0. The second-order valence-corrected chi connectivity index (χ2v) is 2.72. The van der Waals surface area contributed by atoms with Crippen molar-refractivity contribution in [2.45, 2.75) is 0 Å². The van der Waals surface area contributed by atoms with Crippen LogP contribution in [0.15, 0.2) is 16.5 Å². The second-order valence-electron chi connectivity index (χ2n) is 1.85. The van der Waals surface area contributed by atoms with Gasteiger partial charge in [0.1, 0.15) is 6.67 Å². The van der Waals surface area contributed by atoms with Crippen LogP contribution in [0.1, 0.15) is 0 Å². The molecule has 5 heteroatoms. The van der Waals surface area contributed by atoms with Crippen LogP contribution in [0.5, 0.6) is 0 Å². The maximum atomic E-state index is 11.0. The predicted octanol–water partition coefficient (Wildman–Crippen LogP) is -0.0928. The molecule has 0 bridgehead atoms. The first-order chi connectivity index (χ1) is 4.88. The summed E-state index contributed by atoms with van der Waals surface area (Å²) in [6, 6.07) is 0. The van der Waals surface area contributed by atoms with Crippen molar-refractivity contribution in [3.05, 3.63) is 11.5 Å². The number of hydrogen-bond acceptors (Lipinski definition) is 4. The largest absolute Gasteiger partial charge is 0.268 e. The van der Waals surface area contributed by atoms with Crippen LogP contribution < -0.4 is 5.43 Å². The van der Waals surface area contributed by atoms with Crippen molar-refractivity contribution in [2.24, 2.45) is 4.99 Å². The molecule has 0 saturated heterocycles. The molecule has 0 unspecified atom stereocenters. The van der Waals surface area contributed by atoms with Crippen LogP contribution >= 0.6 is 11.8 Å². The van der Waals surface area contributed by atoms with E-state index in [-0.39, 0.29) is 5.91 Å². The number of rotatable bonds is 0. The molecule has 0 aromatic rings. The third-order valence-corrected chi connectivity index (χ3v) is 2.03. The Kier molecular flexibility index (Phi) is 1.25. The van der Waals surface area contributed by atoms with Gasteiger partial charge in [-0.3, -0.25) is 4.79 Å². The van der Waals surface area contributed by atoms with Gasteiger partial charge in [-0.2, -0.15) is 0 Å². The van der Waals surface area contributed by atoms with E-state index in [1.807, 2.05) is 0 Å². The Balaban J connectivity index is 2.32. The van der Waals surface area contributed by atoms with Crippen LogP contribution in [0.25, 0.3) is 0 Å². The highest BCUT2D eigenvalue weighted by molar-refractivity contribution is 8.16. The van der Waals surface area contributed by atoms with E-state index in [1.54, 1.807) is 5.41 Å². The molecule has 0 atom stereocenters. The summed E-state index contributed by atoms with van der Waals surface area (Å²) in [5, 5.41) is 3.93. The molecule has 2 aliphatic heterocycles. The standard InChI is InChI=1S/C5H5N3OS/c9-4-1-2-10-5-6-3-7-8(4)5/h1-2,7H,3H2. The molecule has 4 nitrogen and oxygen atoms in total. The zero-order valence-corrected chi connectivity index (χ0v) is 5.89. The fraction of sp³-hybridized carbons (Fsp3) is 0.200. The summed E-state index contributed by atoms with van der Waals surface area (Å²) in [5.41, 5.74) is 2.82. The highest BCUT2D eigenvalue weighted by Crippen LogP contribution is 2.17. The van der Waals surface area contributed by atoms with E-state index in [0.717, 1.165) is 5.17 Å². The van der Waals surface area contributed by atoms with Gasteiger partial charge in [0.25, 0.3) is 5.91 Å². The van der Waals surface area contributed by atoms with Gasteiger partial charge in [0, 0.05) is 6.08 Å². The summed E-state index contributed by atoms with van der Waals surface area (Å²) in [6.45, 7) is 0.510. The van der Waals surface area contributed by atoms with E-state index in [1.165, 1.54) is 22.8 Å². The minimum atomic E-state index is -0.0463. The zero-order chi connectivity index (χ0) is 6.97. The molecule has 1 amide bonds. The smallest absolute Gasteiger partial charge is 0.267 e. The third kappa shape index (κ3) is 0.748. The van der Waals surface area contributed by atoms with Crippen LogP contribution in [0.3, 0.4) is 0 Å². The van der Waals surface area contributed by atoms with Crippen molar-refractivity contribution >= 4 is 22.8 Å². The number of amides is 1. The molecule has 1 N–H and O–H groups in total. The van der Waals surface area contributed by atoms with Crippen molar-refractivity contribution in [1.82, 2.24) is 10.4 Å². The monoisotopic (exact) mass is 155 g/mol. The number of nitrogens with zero attached hydrogens (tertiary/aromatic N) is 2. The van der Waals surface area contributed by atoms with Crippen molar-refractivity contribution in [2.75, 3.05) is 6.67 Å². The van der Waals surface area contributed by atoms with Gasteiger partial charge in [-0.25, -0.2) is 15.4 Å². The lowest BCUT2D eigenvalue weighted by Gasteiger charge is -2.16. The Labute approximate surface area is 62.0 Å². The van der Waals surface area contributed by atoms with Gasteiger partial charge < -0.3 is 0 Å². The highest BCUT2D eigenvalue weighted by atomic mass is 32.2. The maximum Gasteiger partial charge on any atom is 0.267 e. The lowest BCUT2D eigenvalue weighted by Crippen LogP contribution is -2.41. The molecule has 0 aromatic carbocycles. The van der Waals surface area contributed by atoms with Crippen molar-refractivity contribution in [1.29, 1.82) is 0 Å². The van der Waals surface area contributed by atoms with Crippen LogP contribution in [0, 0.1) is 0 Å². The highest BCUT2D eigenvalue weighted by Gasteiger charge is 2.24. The van der Waals surface area contributed by atoms with Gasteiger partial charge in [0.15, 0.2) is 5.17 Å². The quantitative estimate of drug-likeness (QED) is 0.531. The lowest BCUT2D eigenvalue weighted by atomic mass is 10.6. The van der Waals surface area contributed by atoms with Crippen molar-refractivity contribution < 1.29 is 4.79 Å². The Hall–Kier alpha value is -0.810. The SMILES string of the molecule is O=C1C=CSC2=NCNN12. The molecule has 2 aliphatic rings. The number of hydrazine groups is 1. The minimum absolute atomic E-state index is 0.0463. The fourth-order valence-corrected chi connectivity index (χ4v) is 1.51. The number of nitrogens with one attached hydrogen (secondary N) is 1. The molecule has 0 fully saturated rings. The summed E-state index contributed by atoms with van der Waals surface area (Å²) in [4.78, 5) is 15.0. The first-order valence-corrected chi connectivity index (χ1v) is 3.71. The molecular weight excluding hydrogens is 150 g/mol. The molecule has 0 aliphatic carbocycles. The first kappa shape index (κ1) is 5.94. The van der Waals surface area contributed by atoms with E-state index >= 15 is 0 Å². The first-order valence-electron chi connectivity index (χ1n) is 2.83. The summed E-state index contributed by atoms with van der Waals surface area (Å²) in [7, 11) is 0. The Morgan fingerprint density at radius 3 is 3.50 bits per heavy atom. The van der Waals surface area contributed by atoms with Gasteiger partial charge in [-0.05, 0) is 5.41 Å². The molecule has 2 rings (SSSR count). The van der Waals surface area contributed by atoms with E-state index in [9.17, 15) is 4.79 Å². The van der Waals surface area contributed by atoms with Gasteiger partial charge in [-0.15, -0.1) is 0 Å². The number of thioether (sulfide) groups is 1. The van der Waals surface area contributed by atoms with Crippen LogP contribution in [-0.2, 0) is 4.79 Å². The van der Waals surface area contributed by atoms with Gasteiger partial charge in [0.05, 0.1) is 0 Å². The number of aliphatic imine (C=N–C) groups is 1. The third-order valence-electron chi connectivity index (χ3n) is 1.24. The summed E-state index contributed by atoms with van der Waals surface area (Å²) in [6.07, 6.45) is 1.52. The number of amidine groups is 1. The molecule has 0 spiro atoms. The average Bonchev–Trinajstić information content (AvgIpc) is 2.36. The number of fused-ring (bicyclic) bond motifs is 1. The van der Waals surface area contributed by atoms with Gasteiger partial charge in [-0.1, -0.05) is 11.8 Å². The second kappa shape index (κ2) is 2.10. The van der Waals surface area contributed by atoms with Gasteiger partial charge in [0.2, 0.25) is 0 Å². The van der Waals surface area contributed by atoms with E-state index < -0.39 is 0 Å². The molecule has 10 heavy (non-hydrogen) atoms. The van der Waals surface area contributed by atoms with E-state index in [4.69, 9.17) is 0 Å². The van der Waals surface area contributed by atoms with Crippen molar-refractivity contribution in [3.63, 3.8) is 0 Å². The molecule has 0 radical (unpaired) electrons. The Bertz CT molecular complexity index is 235. The Morgan fingerprint density at radius 2 is 2.70 bits per heavy atom. The predicted molar refractivity (Wildman–Crippen MR) is 39.0 cm³/mol. The van der Waals surface area contributed by atoms with Crippen LogP contribution in [-0.4, -0.2) is 22.8 Å². The summed E-state index contributed by atoms with van der Waals surface area (Å²) >= 11 is 1.45. The summed E-state index contributed by atoms with van der Waals surface area (Å²) in [5.74, 6) is -0.0463. The van der Waals surface area contributed by atoms with E-state index in [0.29, 0.717) is 6.67 Å². The average molecular weight is 155 g/mol. The molecule has 0 aromatic heterocycles. The normalized spacial score (nSPS) is 23.0. The number of carbonyl (C=O) groups excluding carboxylic acids is 1. The number of carbonyl (C=O) groups is 1. The van der Waals surface area contributed by atoms with Crippen LogP contribution in [0.4, 0.5) is 0 Å². The molecule has 2 heterocycles.